The summed E-state index contributed by atoms with van der Waals surface area (Å²) in [4.78, 5) is 27.5. The Bertz CT molecular complexity index is 1250. The van der Waals surface area contributed by atoms with E-state index in [0.717, 1.165) is 28.8 Å². The first-order valence-electron chi connectivity index (χ1n) is 11.9. The molecule has 0 aromatic heterocycles. The second kappa shape index (κ2) is 12.4. The smallest absolute Gasteiger partial charge is 0.350 e. The van der Waals surface area contributed by atoms with Gasteiger partial charge in [-0.3, -0.25) is 13.9 Å². The van der Waals surface area contributed by atoms with Crippen LogP contribution in [0.3, 0.4) is 0 Å². The van der Waals surface area contributed by atoms with Crippen molar-refractivity contribution >= 4 is 39.1 Å². The lowest BCUT2D eigenvalue weighted by Crippen LogP contribution is -2.52. The number of halogens is 4. The standard InChI is InChI=1S/C26H33ClF3N3O4S/c1-18(24(35)31-25(2,3)4)32(17-19-9-6-11-21(27)15-19)23(34)13-8-14-33(38(5,36)37)22-12-7-10-20(16-22)26(28,29)30/h6-7,9-12,15-16,18H,8,13-14,17H2,1-5H3,(H,31,35). The molecule has 0 saturated heterocycles. The van der Waals surface area contributed by atoms with Gasteiger partial charge in [0, 0.05) is 30.1 Å². The summed E-state index contributed by atoms with van der Waals surface area (Å²) in [5.41, 5.74) is -0.963. The maximum atomic E-state index is 13.3. The molecule has 0 radical (unpaired) electrons. The highest BCUT2D eigenvalue weighted by molar-refractivity contribution is 7.92. The van der Waals surface area contributed by atoms with Gasteiger partial charge >= 0.3 is 6.18 Å². The summed E-state index contributed by atoms with van der Waals surface area (Å²) in [5.74, 6) is -0.784. The summed E-state index contributed by atoms with van der Waals surface area (Å²) in [6.07, 6.45) is -3.88. The van der Waals surface area contributed by atoms with E-state index in [1.807, 2.05) is 20.8 Å². The van der Waals surface area contributed by atoms with Crippen LogP contribution in [0.1, 0.15) is 51.7 Å². The molecular weight excluding hydrogens is 543 g/mol. The van der Waals surface area contributed by atoms with E-state index in [1.54, 1.807) is 31.2 Å². The molecule has 0 bridgehead atoms. The van der Waals surface area contributed by atoms with Crippen LogP contribution in [-0.2, 0) is 32.3 Å². The third kappa shape index (κ3) is 9.50. The fraction of sp³-hybridized carbons (Fsp3) is 0.462. The zero-order chi connectivity index (χ0) is 28.9. The minimum Gasteiger partial charge on any atom is -0.350 e. The number of carbonyl (C=O) groups excluding carboxylic acids is 2. The zero-order valence-corrected chi connectivity index (χ0v) is 23.5. The Morgan fingerprint density at radius 3 is 2.24 bits per heavy atom. The first-order chi connectivity index (χ1) is 17.4. The van der Waals surface area contributed by atoms with Crippen LogP contribution >= 0.6 is 11.6 Å². The summed E-state index contributed by atoms with van der Waals surface area (Å²) in [6.45, 7) is 6.90. The Hall–Kier alpha value is -2.79. The minimum absolute atomic E-state index is 0.0157. The van der Waals surface area contributed by atoms with E-state index >= 15 is 0 Å². The predicted octanol–water partition coefficient (Wildman–Crippen LogP) is 5.24. The van der Waals surface area contributed by atoms with E-state index in [9.17, 15) is 31.2 Å². The van der Waals surface area contributed by atoms with E-state index in [4.69, 9.17) is 11.6 Å². The molecule has 0 aliphatic carbocycles. The number of amides is 2. The number of hydrogen-bond donors (Lipinski definition) is 1. The Kier molecular flexibility index (Phi) is 10.2. The van der Waals surface area contributed by atoms with Crippen LogP contribution in [0.4, 0.5) is 18.9 Å². The normalized spacial score (nSPS) is 13.1. The molecule has 7 nitrogen and oxygen atoms in total. The number of carbonyl (C=O) groups is 2. The van der Waals surface area contributed by atoms with Gasteiger partial charge in [-0.05, 0) is 70.0 Å². The fourth-order valence-corrected chi connectivity index (χ4v) is 4.90. The molecule has 2 aromatic rings. The number of anilines is 1. The molecule has 1 N–H and O–H groups in total. The second-order valence-electron chi connectivity index (χ2n) is 10.1. The highest BCUT2D eigenvalue weighted by Gasteiger charge is 2.32. The van der Waals surface area contributed by atoms with E-state index in [2.05, 4.69) is 5.32 Å². The Balaban J connectivity index is 2.24. The van der Waals surface area contributed by atoms with Gasteiger partial charge in [-0.15, -0.1) is 0 Å². The highest BCUT2D eigenvalue weighted by atomic mass is 35.5. The highest BCUT2D eigenvalue weighted by Crippen LogP contribution is 2.32. The largest absolute Gasteiger partial charge is 0.416 e. The van der Waals surface area contributed by atoms with Gasteiger partial charge in [0.15, 0.2) is 0 Å². The van der Waals surface area contributed by atoms with Crippen molar-refractivity contribution in [2.75, 3.05) is 17.1 Å². The van der Waals surface area contributed by atoms with Gasteiger partial charge in [-0.1, -0.05) is 29.8 Å². The summed E-state index contributed by atoms with van der Waals surface area (Å²) < 4.78 is 65.1. The third-order valence-corrected chi connectivity index (χ3v) is 6.95. The average molecular weight is 576 g/mol. The lowest BCUT2D eigenvalue weighted by Gasteiger charge is -2.32. The molecule has 0 spiro atoms. The summed E-state index contributed by atoms with van der Waals surface area (Å²) in [7, 11) is -3.94. The van der Waals surface area contributed by atoms with Crippen molar-refractivity contribution in [2.45, 2.75) is 64.8 Å². The van der Waals surface area contributed by atoms with Crippen LogP contribution in [0.2, 0.25) is 5.02 Å². The van der Waals surface area contributed by atoms with Crippen molar-refractivity contribution in [2.24, 2.45) is 0 Å². The Morgan fingerprint density at radius 1 is 1.05 bits per heavy atom. The molecule has 0 aliphatic heterocycles. The van der Waals surface area contributed by atoms with Crippen LogP contribution in [0.25, 0.3) is 0 Å². The van der Waals surface area contributed by atoms with Gasteiger partial charge in [0.25, 0.3) is 0 Å². The molecule has 1 atom stereocenters. The number of rotatable bonds is 10. The number of nitrogens with one attached hydrogen (secondary N) is 1. The molecular formula is C26H33ClF3N3O4S. The summed E-state index contributed by atoms with van der Waals surface area (Å²) in [6, 6.07) is 9.99. The van der Waals surface area contributed by atoms with E-state index < -0.39 is 39.3 Å². The number of nitrogens with zero attached hydrogens (tertiary/aromatic N) is 2. The minimum atomic E-state index is -4.64. The van der Waals surface area contributed by atoms with Crippen LogP contribution < -0.4 is 9.62 Å². The predicted molar refractivity (Wildman–Crippen MR) is 142 cm³/mol. The van der Waals surface area contributed by atoms with Gasteiger partial charge in [0.05, 0.1) is 17.5 Å². The van der Waals surface area contributed by atoms with E-state index in [1.165, 1.54) is 11.0 Å². The molecule has 0 aliphatic rings. The SMILES string of the molecule is CC(C(=O)NC(C)(C)C)N(Cc1cccc(Cl)c1)C(=O)CCCN(c1cccc(C(F)(F)F)c1)S(C)(=O)=O. The molecule has 1 unspecified atom stereocenters. The molecule has 210 valence electrons. The van der Waals surface area contributed by atoms with Gasteiger partial charge in [0.2, 0.25) is 21.8 Å². The van der Waals surface area contributed by atoms with Gasteiger partial charge < -0.3 is 10.2 Å². The molecule has 2 amide bonds. The molecule has 0 heterocycles. The van der Waals surface area contributed by atoms with Gasteiger partial charge in [-0.2, -0.15) is 13.2 Å². The maximum Gasteiger partial charge on any atom is 0.416 e. The van der Waals surface area contributed by atoms with E-state index in [-0.39, 0.29) is 37.5 Å². The van der Waals surface area contributed by atoms with Crippen molar-refractivity contribution < 1.29 is 31.2 Å². The number of benzene rings is 2. The second-order valence-corrected chi connectivity index (χ2v) is 12.4. The monoisotopic (exact) mass is 575 g/mol. The molecule has 2 rings (SSSR count). The molecule has 12 heteroatoms. The van der Waals surface area contributed by atoms with Crippen molar-refractivity contribution in [1.29, 1.82) is 0 Å². The van der Waals surface area contributed by atoms with Crippen molar-refractivity contribution in [3.05, 3.63) is 64.7 Å². The maximum absolute atomic E-state index is 13.3. The summed E-state index contributed by atoms with van der Waals surface area (Å²) >= 11 is 6.08. The topological polar surface area (TPSA) is 86.8 Å². The molecule has 0 saturated carbocycles. The molecule has 0 fully saturated rings. The third-order valence-electron chi connectivity index (χ3n) is 5.52. The molecule has 2 aromatic carbocycles. The Labute approximate surface area is 227 Å². The first-order valence-corrected chi connectivity index (χ1v) is 14.1. The van der Waals surface area contributed by atoms with Gasteiger partial charge in [-0.25, -0.2) is 8.42 Å². The quantitative estimate of drug-likeness (QED) is 0.420. The van der Waals surface area contributed by atoms with Crippen molar-refractivity contribution in [3.63, 3.8) is 0 Å². The van der Waals surface area contributed by atoms with Crippen molar-refractivity contribution in [1.82, 2.24) is 10.2 Å². The Morgan fingerprint density at radius 2 is 1.68 bits per heavy atom. The van der Waals surface area contributed by atoms with Crippen LogP contribution in [0, 0.1) is 0 Å². The van der Waals surface area contributed by atoms with Gasteiger partial charge in [0.1, 0.15) is 6.04 Å². The van der Waals surface area contributed by atoms with Crippen LogP contribution in [0.15, 0.2) is 48.5 Å². The van der Waals surface area contributed by atoms with Crippen LogP contribution in [0.5, 0.6) is 0 Å². The number of alkyl halides is 3. The zero-order valence-electron chi connectivity index (χ0n) is 22.0. The lowest BCUT2D eigenvalue weighted by molar-refractivity contribution is -0.141. The summed E-state index contributed by atoms with van der Waals surface area (Å²) in [5, 5.41) is 3.31. The van der Waals surface area contributed by atoms with Crippen LogP contribution in [-0.4, -0.2) is 49.5 Å². The molecule has 38 heavy (non-hydrogen) atoms. The van der Waals surface area contributed by atoms with E-state index in [0.29, 0.717) is 10.6 Å². The number of hydrogen-bond acceptors (Lipinski definition) is 4. The fourth-order valence-electron chi connectivity index (χ4n) is 3.73. The first kappa shape index (κ1) is 31.4. The van der Waals surface area contributed by atoms with Crippen molar-refractivity contribution in [3.8, 4) is 0 Å². The lowest BCUT2D eigenvalue weighted by atomic mass is 10.1. The average Bonchev–Trinajstić information content (AvgIpc) is 2.77. The number of sulfonamides is 1.